The lowest BCUT2D eigenvalue weighted by atomic mass is 9.94. The number of rotatable bonds is 7. The molecule has 1 fully saturated rings. The summed E-state index contributed by atoms with van der Waals surface area (Å²) in [7, 11) is 1.62. The van der Waals surface area contributed by atoms with Gasteiger partial charge >= 0.3 is 0 Å². The molecule has 2 rings (SSSR count). The summed E-state index contributed by atoms with van der Waals surface area (Å²) in [4.78, 5) is 12.4. The van der Waals surface area contributed by atoms with Crippen LogP contribution in [0.2, 0.25) is 0 Å². The molecule has 1 aromatic carbocycles. The molecule has 0 saturated heterocycles. The molecule has 1 aliphatic carbocycles. The van der Waals surface area contributed by atoms with Gasteiger partial charge in [-0.05, 0) is 25.0 Å². The smallest absolute Gasteiger partial charge is 0.173 e. The van der Waals surface area contributed by atoms with E-state index in [1.54, 1.807) is 13.2 Å². The highest BCUT2D eigenvalue weighted by atomic mass is 16.5. The Morgan fingerprint density at radius 2 is 2.06 bits per heavy atom. The Balaban J connectivity index is 2.14. The summed E-state index contributed by atoms with van der Waals surface area (Å²) < 4.78 is 10.5. The van der Waals surface area contributed by atoms with Crippen LogP contribution in [0, 0.1) is 5.41 Å². The van der Waals surface area contributed by atoms with Crippen molar-refractivity contribution in [3.05, 3.63) is 29.8 Å². The zero-order chi connectivity index (χ0) is 13.0. The average Bonchev–Trinajstić information content (AvgIpc) is 3.20. The SMILES string of the molecule is COCCOc1ccccc1C(=O)C1(CN)CC1. The molecule has 1 aliphatic rings. The number of benzene rings is 1. The van der Waals surface area contributed by atoms with E-state index in [1.165, 1.54) is 0 Å². The Labute approximate surface area is 107 Å². The lowest BCUT2D eigenvalue weighted by Gasteiger charge is -2.15. The normalized spacial score (nSPS) is 16.3. The maximum Gasteiger partial charge on any atom is 0.173 e. The van der Waals surface area contributed by atoms with Gasteiger partial charge in [-0.15, -0.1) is 0 Å². The van der Waals surface area contributed by atoms with Crippen molar-refractivity contribution in [2.75, 3.05) is 26.9 Å². The molecule has 18 heavy (non-hydrogen) atoms. The molecule has 4 nitrogen and oxygen atoms in total. The second-order valence-corrected chi connectivity index (χ2v) is 4.65. The number of Topliss-reactive ketones (excluding diaryl/α,β-unsaturated/α-hetero) is 1. The Morgan fingerprint density at radius 1 is 1.33 bits per heavy atom. The molecule has 0 aromatic heterocycles. The van der Waals surface area contributed by atoms with Crippen molar-refractivity contribution in [3.8, 4) is 5.75 Å². The maximum atomic E-state index is 12.4. The molecule has 0 atom stereocenters. The number of hydrogen-bond donors (Lipinski definition) is 1. The summed E-state index contributed by atoms with van der Waals surface area (Å²) >= 11 is 0. The van der Waals surface area contributed by atoms with Crippen molar-refractivity contribution in [2.45, 2.75) is 12.8 Å². The van der Waals surface area contributed by atoms with Gasteiger partial charge in [0, 0.05) is 19.1 Å². The third-order valence-electron chi connectivity index (χ3n) is 3.40. The van der Waals surface area contributed by atoms with E-state index in [2.05, 4.69) is 0 Å². The highest BCUT2D eigenvalue weighted by Gasteiger charge is 2.49. The van der Waals surface area contributed by atoms with Crippen LogP contribution in [0.5, 0.6) is 5.75 Å². The molecule has 0 aliphatic heterocycles. The number of carbonyl (C=O) groups is 1. The van der Waals surface area contributed by atoms with Crippen molar-refractivity contribution in [2.24, 2.45) is 11.1 Å². The van der Waals surface area contributed by atoms with Crippen LogP contribution in [0.1, 0.15) is 23.2 Å². The second-order valence-electron chi connectivity index (χ2n) is 4.65. The number of ether oxygens (including phenoxy) is 2. The molecular weight excluding hydrogens is 230 g/mol. The largest absolute Gasteiger partial charge is 0.490 e. The second kappa shape index (κ2) is 5.50. The third-order valence-corrected chi connectivity index (χ3v) is 3.40. The molecule has 98 valence electrons. The van der Waals surface area contributed by atoms with Gasteiger partial charge in [-0.1, -0.05) is 12.1 Å². The lowest BCUT2D eigenvalue weighted by Crippen LogP contribution is -2.26. The van der Waals surface area contributed by atoms with E-state index in [-0.39, 0.29) is 11.2 Å². The Bertz CT molecular complexity index is 427. The zero-order valence-corrected chi connectivity index (χ0v) is 10.6. The van der Waals surface area contributed by atoms with E-state index in [0.717, 1.165) is 12.8 Å². The summed E-state index contributed by atoms with van der Waals surface area (Å²) in [5.74, 6) is 0.734. The lowest BCUT2D eigenvalue weighted by molar-refractivity contribution is 0.0898. The minimum absolute atomic E-state index is 0.109. The van der Waals surface area contributed by atoms with E-state index in [1.807, 2.05) is 18.2 Å². The molecule has 2 N–H and O–H groups in total. The predicted octanol–water partition coefficient (Wildman–Crippen LogP) is 1.63. The Kier molecular flexibility index (Phi) is 3.99. The van der Waals surface area contributed by atoms with E-state index < -0.39 is 0 Å². The number of hydrogen-bond acceptors (Lipinski definition) is 4. The van der Waals surface area contributed by atoms with Gasteiger partial charge in [0.1, 0.15) is 12.4 Å². The topological polar surface area (TPSA) is 61.5 Å². The van der Waals surface area contributed by atoms with Gasteiger partial charge in [0.05, 0.1) is 12.2 Å². The molecular formula is C14H19NO3. The monoisotopic (exact) mass is 249 g/mol. The van der Waals surface area contributed by atoms with Crippen LogP contribution in [-0.4, -0.2) is 32.7 Å². The fraction of sp³-hybridized carbons (Fsp3) is 0.500. The number of para-hydroxylation sites is 1. The predicted molar refractivity (Wildman–Crippen MR) is 68.9 cm³/mol. The quantitative estimate of drug-likeness (QED) is 0.589. The first-order chi connectivity index (χ1) is 8.73. The van der Waals surface area contributed by atoms with Crippen LogP contribution in [-0.2, 0) is 4.74 Å². The third kappa shape index (κ3) is 2.54. The highest BCUT2D eigenvalue weighted by Crippen LogP contribution is 2.48. The first-order valence-corrected chi connectivity index (χ1v) is 6.19. The molecule has 0 spiro atoms. The van der Waals surface area contributed by atoms with Crippen LogP contribution in [0.25, 0.3) is 0 Å². The van der Waals surface area contributed by atoms with E-state index in [9.17, 15) is 4.79 Å². The fourth-order valence-electron chi connectivity index (χ4n) is 1.98. The van der Waals surface area contributed by atoms with Gasteiger partial charge in [-0.3, -0.25) is 4.79 Å². The molecule has 0 radical (unpaired) electrons. The summed E-state index contributed by atoms with van der Waals surface area (Å²) in [6.07, 6.45) is 1.77. The highest BCUT2D eigenvalue weighted by molar-refractivity contribution is 6.04. The van der Waals surface area contributed by atoms with Crippen LogP contribution < -0.4 is 10.5 Å². The van der Waals surface area contributed by atoms with E-state index in [4.69, 9.17) is 15.2 Å². The molecule has 0 amide bonds. The van der Waals surface area contributed by atoms with Crippen molar-refractivity contribution in [1.82, 2.24) is 0 Å². The molecule has 1 saturated carbocycles. The van der Waals surface area contributed by atoms with Gasteiger partial charge in [0.2, 0.25) is 0 Å². The number of nitrogens with two attached hydrogens (primary N) is 1. The maximum absolute atomic E-state index is 12.4. The first kappa shape index (κ1) is 13.1. The first-order valence-electron chi connectivity index (χ1n) is 6.19. The van der Waals surface area contributed by atoms with Gasteiger partial charge < -0.3 is 15.2 Å². The average molecular weight is 249 g/mol. The van der Waals surface area contributed by atoms with Crippen LogP contribution in [0.4, 0.5) is 0 Å². The van der Waals surface area contributed by atoms with Gasteiger partial charge in [-0.25, -0.2) is 0 Å². The number of methoxy groups -OCH3 is 1. The summed E-state index contributed by atoms with van der Waals surface area (Å²) in [6, 6.07) is 7.33. The van der Waals surface area contributed by atoms with Crippen LogP contribution >= 0.6 is 0 Å². The fourth-order valence-corrected chi connectivity index (χ4v) is 1.98. The summed E-state index contributed by atoms with van der Waals surface area (Å²) in [6.45, 7) is 1.36. The molecule has 1 aromatic rings. The Hall–Kier alpha value is -1.39. The minimum Gasteiger partial charge on any atom is -0.490 e. The van der Waals surface area contributed by atoms with Crippen molar-refractivity contribution in [1.29, 1.82) is 0 Å². The van der Waals surface area contributed by atoms with Crippen LogP contribution in [0.3, 0.4) is 0 Å². The zero-order valence-electron chi connectivity index (χ0n) is 10.6. The Morgan fingerprint density at radius 3 is 2.67 bits per heavy atom. The number of ketones is 1. The van der Waals surface area contributed by atoms with Gasteiger partial charge in [0.25, 0.3) is 0 Å². The summed E-state index contributed by atoms with van der Waals surface area (Å²) in [5.41, 5.74) is 6.00. The van der Waals surface area contributed by atoms with Gasteiger partial charge in [0.15, 0.2) is 5.78 Å². The molecule has 0 bridgehead atoms. The van der Waals surface area contributed by atoms with Crippen molar-refractivity contribution < 1.29 is 14.3 Å². The molecule has 0 unspecified atom stereocenters. The van der Waals surface area contributed by atoms with Gasteiger partial charge in [-0.2, -0.15) is 0 Å². The molecule has 4 heteroatoms. The van der Waals surface area contributed by atoms with E-state index in [0.29, 0.717) is 31.1 Å². The van der Waals surface area contributed by atoms with Crippen molar-refractivity contribution in [3.63, 3.8) is 0 Å². The standard InChI is InChI=1S/C14H19NO3/c1-17-8-9-18-12-5-3-2-4-11(12)13(16)14(10-15)6-7-14/h2-5H,6-10,15H2,1H3. The van der Waals surface area contributed by atoms with E-state index >= 15 is 0 Å². The number of carbonyl (C=O) groups excluding carboxylic acids is 1. The van der Waals surface area contributed by atoms with Crippen LogP contribution in [0.15, 0.2) is 24.3 Å². The minimum atomic E-state index is -0.333. The van der Waals surface area contributed by atoms with Crippen molar-refractivity contribution >= 4 is 5.78 Å². The molecule has 0 heterocycles. The summed E-state index contributed by atoms with van der Waals surface area (Å²) in [5, 5.41) is 0.